The summed E-state index contributed by atoms with van der Waals surface area (Å²) in [5.74, 6) is 1.15. The Labute approximate surface area is 266 Å². The summed E-state index contributed by atoms with van der Waals surface area (Å²) in [6.07, 6.45) is 6.07. The van der Waals surface area contributed by atoms with Gasteiger partial charge in [-0.25, -0.2) is 24.1 Å². The van der Waals surface area contributed by atoms with Crippen LogP contribution in [0, 0.1) is 12.7 Å². The number of nitrogens with one attached hydrogen (secondary N) is 2. The second kappa shape index (κ2) is 12.6. The van der Waals surface area contributed by atoms with E-state index in [-0.39, 0.29) is 18.0 Å². The lowest BCUT2D eigenvalue weighted by Gasteiger charge is -2.34. The number of pyridine rings is 1. The van der Waals surface area contributed by atoms with E-state index in [0.717, 1.165) is 29.2 Å². The van der Waals surface area contributed by atoms with Gasteiger partial charge in [0, 0.05) is 55.0 Å². The summed E-state index contributed by atoms with van der Waals surface area (Å²) in [7, 11) is 1.67. The third-order valence-corrected chi connectivity index (χ3v) is 7.55. The van der Waals surface area contributed by atoms with Crippen molar-refractivity contribution in [2.45, 2.75) is 52.2 Å². The summed E-state index contributed by atoms with van der Waals surface area (Å²) in [4.78, 5) is 28.2. The molecule has 1 fully saturated rings. The van der Waals surface area contributed by atoms with Crippen molar-refractivity contribution in [3.05, 3.63) is 78.5 Å². The van der Waals surface area contributed by atoms with Crippen LogP contribution in [0.5, 0.6) is 11.6 Å². The number of nitrogens with zero attached hydrogens (tertiary/aromatic N) is 6. The largest absolute Gasteiger partial charge is 0.444 e. The molecule has 5 aromatic rings. The summed E-state index contributed by atoms with van der Waals surface area (Å²) in [6, 6.07) is 15.1. The molecule has 2 N–H and O–H groups in total. The predicted molar refractivity (Wildman–Crippen MR) is 175 cm³/mol. The van der Waals surface area contributed by atoms with Crippen LogP contribution in [0.4, 0.5) is 26.6 Å². The second-order valence-electron chi connectivity index (χ2n) is 12.4. The highest BCUT2D eigenvalue weighted by molar-refractivity contribution is 5.99. The molecule has 0 spiro atoms. The van der Waals surface area contributed by atoms with Gasteiger partial charge in [0.05, 0.1) is 17.5 Å². The van der Waals surface area contributed by atoms with Crippen LogP contribution in [-0.2, 0) is 11.8 Å². The number of rotatable bonds is 7. The fourth-order valence-corrected chi connectivity index (χ4v) is 5.47. The van der Waals surface area contributed by atoms with Gasteiger partial charge in [-0.2, -0.15) is 5.10 Å². The monoisotopic (exact) mass is 624 g/mol. The minimum atomic E-state index is -0.554. The van der Waals surface area contributed by atoms with Crippen molar-refractivity contribution in [1.29, 1.82) is 0 Å². The third kappa shape index (κ3) is 6.85. The first-order chi connectivity index (χ1) is 22.0. The van der Waals surface area contributed by atoms with Crippen molar-refractivity contribution >= 4 is 34.3 Å². The number of benzene rings is 2. The van der Waals surface area contributed by atoms with Gasteiger partial charge in [0.25, 0.3) is 0 Å². The minimum Gasteiger partial charge on any atom is -0.444 e. The van der Waals surface area contributed by atoms with Crippen molar-refractivity contribution in [3.63, 3.8) is 0 Å². The molecule has 1 saturated heterocycles. The predicted octanol–water partition coefficient (Wildman–Crippen LogP) is 7.22. The summed E-state index contributed by atoms with van der Waals surface area (Å²) in [5.41, 5.74) is 2.36. The average Bonchev–Trinajstić information content (AvgIpc) is 3.34. The number of likely N-dealkylation sites (tertiary alicyclic amines) is 1. The molecule has 0 unspecified atom stereocenters. The molecule has 2 aromatic carbocycles. The molecule has 1 amide bonds. The maximum atomic E-state index is 14.4. The van der Waals surface area contributed by atoms with Gasteiger partial charge in [-0.05, 0) is 70.4 Å². The number of aromatic nitrogens is 5. The number of piperidine rings is 1. The Morgan fingerprint density at radius 3 is 2.67 bits per heavy atom. The molecule has 0 bridgehead atoms. The maximum Gasteiger partial charge on any atom is 0.410 e. The normalized spacial score (nSPS) is 15.1. The smallest absolute Gasteiger partial charge is 0.410 e. The second-order valence-corrected chi connectivity index (χ2v) is 12.4. The van der Waals surface area contributed by atoms with Crippen LogP contribution in [0.15, 0.2) is 67.1 Å². The zero-order valence-electron chi connectivity index (χ0n) is 26.5. The van der Waals surface area contributed by atoms with E-state index in [0.29, 0.717) is 47.6 Å². The number of anilines is 3. The molecular weight excluding hydrogens is 587 g/mol. The van der Waals surface area contributed by atoms with Crippen LogP contribution in [0.3, 0.4) is 0 Å². The zero-order chi connectivity index (χ0) is 32.4. The van der Waals surface area contributed by atoms with Crippen LogP contribution in [-0.4, -0.2) is 60.5 Å². The van der Waals surface area contributed by atoms with E-state index >= 15 is 0 Å². The van der Waals surface area contributed by atoms with Crippen molar-refractivity contribution in [1.82, 2.24) is 29.6 Å². The zero-order valence-corrected chi connectivity index (χ0v) is 26.5. The number of carbonyl (C=O) groups is 1. The molecule has 0 radical (unpaired) electrons. The molecule has 11 nitrogen and oxygen atoms in total. The van der Waals surface area contributed by atoms with Crippen molar-refractivity contribution in [2.75, 3.05) is 23.7 Å². The molecule has 46 heavy (non-hydrogen) atoms. The summed E-state index contributed by atoms with van der Waals surface area (Å²) in [6.45, 7) is 8.70. The first-order valence-corrected chi connectivity index (χ1v) is 15.2. The number of aryl methyl sites for hydroxylation is 2. The Balaban J connectivity index is 1.25. The van der Waals surface area contributed by atoms with Gasteiger partial charge in [-0.3, -0.25) is 4.68 Å². The van der Waals surface area contributed by atoms with E-state index in [1.807, 2.05) is 76.2 Å². The fourth-order valence-electron chi connectivity index (χ4n) is 5.47. The Morgan fingerprint density at radius 2 is 1.89 bits per heavy atom. The standard InChI is InChI=1S/C34H37FN8O3/c1-21-13-14-23-24(10-6-12-27(23)39-30-26(35)20-42(5)41-30)29(21)45-31-25(11-7-16-36-31)28-15-17-37-32(40-28)38-22-9-8-18-43(19-22)33(44)46-34(2,3)4/h6-7,10-17,20,22H,8-9,18-19H2,1-5H3,(H,39,41)(H,37,38,40)/t22-/m0/s1. The molecule has 1 atom stereocenters. The molecule has 3 aromatic heterocycles. The minimum absolute atomic E-state index is 0.0261. The van der Waals surface area contributed by atoms with Crippen LogP contribution < -0.4 is 15.4 Å². The highest BCUT2D eigenvalue weighted by atomic mass is 19.1. The van der Waals surface area contributed by atoms with E-state index in [1.54, 1.807) is 24.3 Å². The first kappa shape index (κ1) is 30.8. The van der Waals surface area contributed by atoms with Gasteiger partial charge in [0.1, 0.15) is 11.4 Å². The molecule has 238 valence electrons. The number of halogens is 1. The molecule has 4 heterocycles. The van der Waals surface area contributed by atoms with Crippen LogP contribution >= 0.6 is 0 Å². The first-order valence-electron chi connectivity index (χ1n) is 15.2. The van der Waals surface area contributed by atoms with Crippen LogP contribution in [0.25, 0.3) is 22.0 Å². The summed E-state index contributed by atoms with van der Waals surface area (Å²) < 4.78 is 27.9. The third-order valence-electron chi connectivity index (χ3n) is 7.55. The lowest BCUT2D eigenvalue weighted by Crippen LogP contribution is -2.47. The number of hydrogen-bond acceptors (Lipinski definition) is 9. The van der Waals surface area contributed by atoms with E-state index < -0.39 is 11.4 Å². The Bertz CT molecular complexity index is 1890. The SMILES string of the molecule is Cc1ccc2c(Nc3nn(C)cc3F)cccc2c1Oc1ncccc1-c1ccnc(N[C@H]2CCCN(C(=O)OC(C)(C)C)C2)n1. The number of ether oxygens (including phenoxy) is 2. The lowest BCUT2D eigenvalue weighted by molar-refractivity contribution is 0.0206. The maximum absolute atomic E-state index is 14.4. The number of carbonyl (C=O) groups excluding carboxylic acids is 1. The van der Waals surface area contributed by atoms with Gasteiger partial charge in [0.15, 0.2) is 11.6 Å². The molecule has 1 aliphatic rings. The van der Waals surface area contributed by atoms with E-state index in [9.17, 15) is 9.18 Å². The number of amides is 1. The number of fused-ring (bicyclic) bond motifs is 1. The average molecular weight is 625 g/mol. The molecule has 12 heteroatoms. The fraction of sp³-hybridized carbons (Fsp3) is 0.324. The van der Waals surface area contributed by atoms with E-state index in [2.05, 4.69) is 25.7 Å². The highest BCUT2D eigenvalue weighted by Crippen LogP contribution is 2.39. The van der Waals surface area contributed by atoms with Crippen LogP contribution in [0.1, 0.15) is 39.2 Å². The lowest BCUT2D eigenvalue weighted by atomic mass is 10.0. The molecular formula is C34H37FN8O3. The Kier molecular flexibility index (Phi) is 8.44. The van der Waals surface area contributed by atoms with Gasteiger partial charge >= 0.3 is 6.09 Å². The van der Waals surface area contributed by atoms with Crippen molar-refractivity contribution in [3.8, 4) is 22.9 Å². The van der Waals surface area contributed by atoms with E-state index in [1.165, 1.54) is 10.9 Å². The molecule has 1 aliphatic heterocycles. The Morgan fingerprint density at radius 1 is 1.04 bits per heavy atom. The topological polar surface area (TPSA) is 119 Å². The van der Waals surface area contributed by atoms with Gasteiger partial charge in [-0.15, -0.1) is 0 Å². The quantitative estimate of drug-likeness (QED) is 0.193. The molecule has 0 aliphatic carbocycles. The van der Waals surface area contributed by atoms with Gasteiger partial charge in [0.2, 0.25) is 11.8 Å². The van der Waals surface area contributed by atoms with Gasteiger partial charge in [-0.1, -0.05) is 24.3 Å². The van der Waals surface area contributed by atoms with Crippen molar-refractivity contribution < 1.29 is 18.7 Å². The Hall–Kier alpha value is -5.26. The molecule has 6 rings (SSSR count). The number of hydrogen-bond donors (Lipinski definition) is 2. The summed E-state index contributed by atoms with van der Waals surface area (Å²) in [5, 5.41) is 12.4. The summed E-state index contributed by atoms with van der Waals surface area (Å²) >= 11 is 0. The van der Waals surface area contributed by atoms with Crippen LogP contribution in [0.2, 0.25) is 0 Å². The van der Waals surface area contributed by atoms with Crippen molar-refractivity contribution in [2.24, 2.45) is 7.05 Å². The molecule has 0 saturated carbocycles. The van der Waals surface area contributed by atoms with E-state index in [4.69, 9.17) is 14.5 Å². The highest BCUT2D eigenvalue weighted by Gasteiger charge is 2.28. The van der Waals surface area contributed by atoms with Gasteiger partial charge < -0.3 is 25.0 Å².